The summed E-state index contributed by atoms with van der Waals surface area (Å²) in [7, 11) is -0.960. The Labute approximate surface area is 117 Å². The van der Waals surface area contributed by atoms with E-state index in [1.807, 2.05) is 31.2 Å². The molecule has 0 bridgehead atoms. The van der Waals surface area contributed by atoms with E-state index in [0.29, 0.717) is 10.8 Å². The van der Waals surface area contributed by atoms with E-state index in [4.69, 9.17) is 17.3 Å². The van der Waals surface area contributed by atoms with Crippen molar-refractivity contribution in [3.05, 3.63) is 34.9 Å². The average molecular weight is 288 g/mol. The van der Waals surface area contributed by atoms with Crippen LogP contribution in [0.4, 0.5) is 0 Å². The summed E-state index contributed by atoms with van der Waals surface area (Å²) >= 11 is 6.09. The first-order chi connectivity index (χ1) is 8.60. The Bertz CT molecular complexity index is 397. The summed E-state index contributed by atoms with van der Waals surface area (Å²) in [5.74, 6) is 0.496. The third kappa shape index (κ3) is 4.38. The van der Waals surface area contributed by atoms with Gasteiger partial charge in [-0.3, -0.25) is 4.21 Å². The van der Waals surface area contributed by atoms with Gasteiger partial charge < -0.3 is 5.73 Å². The van der Waals surface area contributed by atoms with Gasteiger partial charge in [-0.25, -0.2) is 0 Å². The lowest BCUT2D eigenvalue weighted by molar-refractivity contribution is 0.549. The molecule has 4 heteroatoms. The lowest BCUT2D eigenvalue weighted by Crippen LogP contribution is -2.37. The molecule has 18 heavy (non-hydrogen) atoms. The number of benzene rings is 1. The van der Waals surface area contributed by atoms with Gasteiger partial charge in [-0.2, -0.15) is 0 Å². The maximum atomic E-state index is 12.4. The maximum Gasteiger partial charge on any atom is 0.0503 e. The van der Waals surface area contributed by atoms with Gasteiger partial charge in [0.1, 0.15) is 0 Å². The summed E-state index contributed by atoms with van der Waals surface area (Å²) in [4.78, 5) is 0. The van der Waals surface area contributed by atoms with E-state index in [9.17, 15) is 4.21 Å². The quantitative estimate of drug-likeness (QED) is 0.834. The van der Waals surface area contributed by atoms with Crippen molar-refractivity contribution in [2.45, 2.75) is 50.2 Å². The van der Waals surface area contributed by atoms with Gasteiger partial charge in [-0.1, -0.05) is 50.1 Å². The smallest absolute Gasteiger partial charge is 0.0503 e. The molecule has 1 aromatic rings. The van der Waals surface area contributed by atoms with Crippen LogP contribution in [0, 0.1) is 0 Å². The van der Waals surface area contributed by atoms with Gasteiger partial charge in [0.25, 0.3) is 0 Å². The van der Waals surface area contributed by atoms with Crippen molar-refractivity contribution in [3.63, 3.8) is 0 Å². The van der Waals surface area contributed by atoms with Crippen molar-refractivity contribution >= 4 is 22.4 Å². The molecule has 0 radical (unpaired) electrons. The lowest BCUT2D eigenvalue weighted by Gasteiger charge is -2.21. The second kappa shape index (κ2) is 7.93. The number of halogens is 1. The molecule has 2 nitrogen and oxygen atoms in total. The Hall–Kier alpha value is -0.380. The second-order valence-electron chi connectivity index (χ2n) is 4.52. The molecule has 0 saturated carbocycles. The Morgan fingerprint density at radius 3 is 2.56 bits per heavy atom. The van der Waals surface area contributed by atoms with E-state index in [1.165, 1.54) is 0 Å². The molecule has 1 aromatic carbocycles. The molecule has 0 amide bonds. The summed E-state index contributed by atoms with van der Waals surface area (Å²) in [6, 6.07) is 7.59. The van der Waals surface area contributed by atoms with Crippen LogP contribution in [0.25, 0.3) is 0 Å². The van der Waals surface area contributed by atoms with Crippen LogP contribution in [0.1, 0.15) is 38.7 Å². The Kier molecular flexibility index (Phi) is 6.90. The number of rotatable bonds is 7. The third-order valence-corrected chi connectivity index (χ3v) is 5.42. The van der Waals surface area contributed by atoms with Crippen molar-refractivity contribution < 1.29 is 4.21 Å². The molecule has 102 valence electrons. The van der Waals surface area contributed by atoms with Crippen LogP contribution in [0.5, 0.6) is 0 Å². The van der Waals surface area contributed by atoms with Crippen LogP contribution >= 0.6 is 11.6 Å². The SMILES string of the molecule is CCCC(N)C(CC)S(=O)Cc1ccccc1Cl. The zero-order valence-electron chi connectivity index (χ0n) is 11.1. The Balaban J connectivity index is 2.71. The molecular weight excluding hydrogens is 266 g/mol. The van der Waals surface area contributed by atoms with Crippen LogP contribution in [-0.2, 0) is 16.6 Å². The fourth-order valence-corrected chi connectivity index (χ4v) is 4.03. The van der Waals surface area contributed by atoms with Gasteiger partial charge in [0, 0.05) is 27.1 Å². The molecular formula is C14H22ClNOS. The van der Waals surface area contributed by atoms with E-state index in [-0.39, 0.29) is 11.3 Å². The van der Waals surface area contributed by atoms with Crippen molar-refractivity contribution in [1.29, 1.82) is 0 Å². The van der Waals surface area contributed by atoms with E-state index in [0.717, 1.165) is 24.8 Å². The first kappa shape index (κ1) is 15.7. The third-order valence-electron chi connectivity index (χ3n) is 3.10. The first-order valence-corrected chi connectivity index (χ1v) is 8.22. The predicted octanol–water partition coefficient (Wildman–Crippen LogP) is 3.49. The van der Waals surface area contributed by atoms with Crippen LogP contribution < -0.4 is 5.73 Å². The molecule has 1 rings (SSSR count). The van der Waals surface area contributed by atoms with Crippen LogP contribution in [0.15, 0.2) is 24.3 Å². The molecule has 0 aliphatic heterocycles. The van der Waals surface area contributed by atoms with E-state index >= 15 is 0 Å². The number of hydrogen-bond acceptors (Lipinski definition) is 2. The summed E-state index contributed by atoms with van der Waals surface area (Å²) < 4.78 is 12.4. The fraction of sp³-hybridized carbons (Fsp3) is 0.571. The van der Waals surface area contributed by atoms with E-state index in [1.54, 1.807) is 0 Å². The summed E-state index contributed by atoms with van der Waals surface area (Å²) in [5, 5.41) is 0.742. The summed E-state index contributed by atoms with van der Waals surface area (Å²) in [6.07, 6.45) is 2.80. The highest BCUT2D eigenvalue weighted by Crippen LogP contribution is 2.20. The Morgan fingerprint density at radius 2 is 2.00 bits per heavy atom. The van der Waals surface area contributed by atoms with Crippen molar-refractivity contribution in [1.82, 2.24) is 0 Å². The normalized spacial score (nSPS) is 16.2. The largest absolute Gasteiger partial charge is 0.327 e. The minimum Gasteiger partial charge on any atom is -0.327 e. The fourth-order valence-electron chi connectivity index (χ4n) is 2.08. The molecule has 0 aliphatic rings. The highest BCUT2D eigenvalue weighted by Gasteiger charge is 2.22. The first-order valence-electron chi connectivity index (χ1n) is 6.46. The minimum absolute atomic E-state index is 0.0170. The van der Waals surface area contributed by atoms with Crippen LogP contribution in [-0.4, -0.2) is 15.5 Å². The molecule has 2 N–H and O–H groups in total. The van der Waals surface area contributed by atoms with Gasteiger partial charge in [0.05, 0.1) is 5.75 Å². The zero-order valence-corrected chi connectivity index (χ0v) is 12.6. The maximum absolute atomic E-state index is 12.4. The van der Waals surface area contributed by atoms with Crippen LogP contribution in [0.3, 0.4) is 0 Å². The van der Waals surface area contributed by atoms with Crippen LogP contribution in [0.2, 0.25) is 5.02 Å². The molecule has 0 fully saturated rings. The average Bonchev–Trinajstić information content (AvgIpc) is 2.33. The van der Waals surface area contributed by atoms with Crippen molar-refractivity contribution in [2.75, 3.05) is 0 Å². The second-order valence-corrected chi connectivity index (χ2v) is 6.58. The highest BCUT2D eigenvalue weighted by molar-refractivity contribution is 7.84. The zero-order chi connectivity index (χ0) is 13.5. The standard InChI is InChI=1S/C14H22ClNOS/c1-3-7-13(16)14(4-2)18(17)10-11-8-5-6-9-12(11)15/h5-6,8-9,13-14H,3-4,7,10,16H2,1-2H3. The van der Waals surface area contributed by atoms with E-state index in [2.05, 4.69) is 6.92 Å². The predicted molar refractivity (Wildman–Crippen MR) is 80.3 cm³/mol. The van der Waals surface area contributed by atoms with E-state index < -0.39 is 10.8 Å². The minimum atomic E-state index is -0.960. The monoisotopic (exact) mass is 287 g/mol. The molecule has 3 unspecified atom stereocenters. The number of nitrogens with two attached hydrogens (primary N) is 1. The number of hydrogen-bond donors (Lipinski definition) is 1. The Morgan fingerprint density at radius 1 is 1.33 bits per heavy atom. The molecule has 0 aliphatic carbocycles. The summed E-state index contributed by atoms with van der Waals surface area (Å²) in [5.41, 5.74) is 7.05. The van der Waals surface area contributed by atoms with Crippen molar-refractivity contribution in [2.24, 2.45) is 5.73 Å². The molecule has 0 heterocycles. The molecule has 0 spiro atoms. The van der Waals surface area contributed by atoms with Crippen molar-refractivity contribution in [3.8, 4) is 0 Å². The highest BCUT2D eigenvalue weighted by atomic mass is 35.5. The van der Waals surface area contributed by atoms with Gasteiger partial charge in [0.15, 0.2) is 0 Å². The lowest BCUT2D eigenvalue weighted by atomic mass is 10.1. The summed E-state index contributed by atoms with van der Waals surface area (Å²) in [6.45, 7) is 4.15. The molecule has 3 atom stereocenters. The van der Waals surface area contributed by atoms with Gasteiger partial charge in [0.2, 0.25) is 0 Å². The van der Waals surface area contributed by atoms with Gasteiger partial charge in [-0.05, 0) is 24.5 Å². The molecule has 0 saturated heterocycles. The topological polar surface area (TPSA) is 43.1 Å². The molecule has 0 aromatic heterocycles. The van der Waals surface area contributed by atoms with Gasteiger partial charge in [-0.15, -0.1) is 0 Å². The van der Waals surface area contributed by atoms with Gasteiger partial charge >= 0.3 is 0 Å².